The lowest BCUT2D eigenvalue weighted by molar-refractivity contribution is 0.396. The summed E-state index contributed by atoms with van der Waals surface area (Å²) >= 11 is 0. The smallest absolute Gasteiger partial charge is 0.216 e. The highest BCUT2D eigenvalue weighted by Gasteiger charge is 1.91. The molecule has 1 aromatic rings. The summed E-state index contributed by atoms with van der Waals surface area (Å²) < 4.78 is 4.86. The lowest BCUT2D eigenvalue weighted by Gasteiger charge is -1.96. The van der Waals surface area contributed by atoms with Gasteiger partial charge in [0.15, 0.2) is 0 Å². The van der Waals surface area contributed by atoms with Crippen molar-refractivity contribution in [2.45, 2.75) is 0 Å². The van der Waals surface area contributed by atoms with Crippen molar-refractivity contribution in [1.82, 2.24) is 9.97 Å². The highest BCUT2D eigenvalue weighted by atomic mass is 16.5. The van der Waals surface area contributed by atoms with Gasteiger partial charge >= 0.3 is 0 Å². The maximum atomic E-state index is 4.86. The molecule has 1 heterocycles. The van der Waals surface area contributed by atoms with E-state index in [-0.39, 0.29) is 0 Å². The third-order valence-electron chi connectivity index (χ3n) is 1.08. The van der Waals surface area contributed by atoms with Gasteiger partial charge < -0.3 is 4.74 Å². The first kappa shape index (κ1) is 6.74. The van der Waals surface area contributed by atoms with Crippen LogP contribution in [0.5, 0.6) is 5.88 Å². The van der Waals surface area contributed by atoms with Crippen LogP contribution in [0.15, 0.2) is 19.0 Å². The summed E-state index contributed by atoms with van der Waals surface area (Å²) in [5.74, 6) is 0.560. The average molecular weight is 136 g/mol. The highest BCUT2D eigenvalue weighted by molar-refractivity contribution is 5.42. The Morgan fingerprint density at radius 2 is 2.40 bits per heavy atom. The molecule has 0 amide bonds. The molecule has 0 aromatic carbocycles. The van der Waals surface area contributed by atoms with Gasteiger partial charge in [-0.3, -0.25) is 0 Å². The molecule has 0 saturated heterocycles. The molecule has 1 rings (SSSR count). The molecule has 0 aliphatic carbocycles. The molecule has 0 radical (unpaired) electrons. The first-order valence-electron chi connectivity index (χ1n) is 2.85. The molecule has 1 aromatic heterocycles. The minimum Gasteiger partial charge on any atom is -0.481 e. The fraction of sp³-hybridized carbons (Fsp3) is 0.143. The Kier molecular flexibility index (Phi) is 1.99. The molecular formula is C7H8N2O. The van der Waals surface area contributed by atoms with E-state index in [2.05, 4.69) is 16.5 Å². The van der Waals surface area contributed by atoms with Gasteiger partial charge in [0.1, 0.15) is 6.33 Å². The van der Waals surface area contributed by atoms with Crippen LogP contribution < -0.4 is 4.74 Å². The summed E-state index contributed by atoms with van der Waals surface area (Å²) in [6.45, 7) is 3.56. The predicted octanol–water partition coefficient (Wildman–Crippen LogP) is 1.13. The van der Waals surface area contributed by atoms with E-state index in [1.807, 2.05) is 0 Å². The summed E-state index contributed by atoms with van der Waals surface area (Å²) in [5, 5.41) is 0. The van der Waals surface area contributed by atoms with Gasteiger partial charge in [-0.2, -0.15) is 0 Å². The van der Waals surface area contributed by atoms with Gasteiger partial charge in [0, 0.05) is 6.07 Å². The Hall–Kier alpha value is -1.38. The van der Waals surface area contributed by atoms with E-state index >= 15 is 0 Å². The summed E-state index contributed by atoms with van der Waals surface area (Å²) in [6, 6.07) is 1.72. The zero-order valence-corrected chi connectivity index (χ0v) is 5.74. The van der Waals surface area contributed by atoms with Crippen molar-refractivity contribution >= 4 is 6.08 Å². The summed E-state index contributed by atoms with van der Waals surface area (Å²) in [4.78, 5) is 7.72. The summed E-state index contributed by atoms with van der Waals surface area (Å²) in [6.07, 6.45) is 3.08. The number of ether oxygens (including phenoxy) is 1. The van der Waals surface area contributed by atoms with Crippen LogP contribution in [0.2, 0.25) is 0 Å². The van der Waals surface area contributed by atoms with Gasteiger partial charge in [0.05, 0.1) is 12.8 Å². The minimum absolute atomic E-state index is 0.560. The third-order valence-corrected chi connectivity index (χ3v) is 1.08. The molecule has 0 bridgehead atoms. The second-order valence-corrected chi connectivity index (χ2v) is 1.69. The van der Waals surface area contributed by atoms with Crippen LogP contribution in [0.3, 0.4) is 0 Å². The minimum atomic E-state index is 0.560. The molecule has 52 valence electrons. The Morgan fingerprint density at radius 1 is 1.60 bits per heavy atom. The first-order chi connectivity index (χ1) is 4.86. The lowest BCUT2D eigenvalue weighted by atomic mass is 10.4. The van der Waals surface area contributed by atoms with Crippen molar-refractivity contribution in [3.05, 3.63) is 24.7 Å². The standard InChI is InChI=1S/C7H8N2O/c1-3-6-4-7(10-2)9-5-8-6/h3-5H,1H2,2H3. The molecule has 10 heavy (non-hydrogen) atoms. The zero-order valence-electron chi connectivity index (χ0n) is 5.74. The molecule has 0 N–H and O–H groups in total. The van der Waals surface area contributed by atoms with E-state index in [1.54, 1.807) is 19.3 Å². The Labute approximate surface area is 59.4 Å². The molecule has 0 fully saturated rings. The van der Waals surface area contributed by atoms with Gasteiger partial charge in [-0.1, -0.05) is 6.58 Å². The van der Waals surface area contributed by atoms with E-state index < -0.39 is 0 Å². The van der Waals surface area contributed by atoms with Crippen molar-refractivity contribution in [2.75, 3.05) is 7.11 Å². The molecule has 0 aliphatic rings. The summed E-state index contributed by atoms with van der Waals surface area (Å²) in [5.41, 5.74) is 0.770. The third kappa shape index (κ3) is 1.31. The van der Waals surface area contributed by atoms with E-state index in [0.29, 0.717) is 5.88 Å². The first-order valence-corrected chi connectivity index (χ1v) is 2.85. The van der Waals surface area contributed by atoms with Crippen LogP contribution in [0.25, 0.3) is 6.08 Å². The van der Waals surface area contributed by atoms with Crippen molar-refractivity contribution in [3.8, 4) is 5.88 Å². The van der Waals surface area contributed by atoms with E-state index in [4.69, 9.17) is 4.74 Å². The zero-order chi connectivity index (χ0) is 7.40. The molecule has 0 saturated carbocycles. The van der Waals surface area contributed by atoms with E-state index in [9.17, 15) is 0 Å². The van der Waals surface area contributed by atoms with Crippen LogP contribution >= 0.6 is 0 Å². The van der Waals surface area contributed by atoms with Crippen LogP contribution in [0.4, 0.5) is 0 Å². The van der Waals surface area contributed by atoms with Gasteiger partial charge in [-0.05, 0) is 6.08 Å². The number of methoxy groups -OCH3 is 1. The maximum absolute atomic E-state index is 4.86. The summed E-state index contributed by atoms with van der Waals surface area (Å²) in [7, 11) is 1.56. The van der Waals surface area contributed by atoms with Crippen LogP contribution in [-0.2, 0) is 0 Å². The fourth-order valence-corrected chi connectivity index (χ4v) is 0.577. The number of aromatic nitrogens is 2. The molecule has 0 unspecified atom stereocenters. The number of nitrogens with zero attached hydrogens (tertiary/aromatic N) is 2. The molecule has 0 aliphatic heterocycles. The lowest BCUT2D eigenvalue weighted by Crippen LogP contribution is -1.89. The molecule has 3 nitrogen and oxygen atoms in total. The topological polar surface area (TPSA) is 35.0 Å². The Balaban J connectivity index is 2.98. The number of hydrogen-bond donors (Lipinski definition) is 0. The van der Waals surface area contributed by atoms with E-state index in [1.165, 1.54) is 6.33 Å². The SMILES string of the molecule is C=Cc1cc(OC)ncn1. The van der Waals surface area contributed by atoms with Crippen molar-refractivity contribution < 1.29 is 4.74 Å². The van der Waals surface area contributed by atoms with Gasteiger partial charge in [0.25, 0.3) is 0 Å². The average Bonchev–Trinajstić information content (AvgIpc) is 2.05. The number of hydrogen-bond acceptors (Lipinski definition) is 3. The monoisotopic (exact) mass is 136 g/mol. The fourth-order valence-electron chi connectivity index (χ4n) is 0.577. The maximum Gasteiger partial charge on any atom is 0.216 e. The van der Waals surface area contributed by atoms with Crippen molar-refractivity contribution in [1.29, 1.82) is 0 Å². The predicted molar refractivity (Wildman–Crippen MR) is 38.7 cm³/mol. The number of rotatable bonds is 2. The second kappa shape index (κ2) is 2.96. The normalized spacial score (nSPS) is 8.90. The van der Waals surface area contributed by atoms with Crippen molar-refractivity contribution in [3.63, 3.8) is 0 Å². The van der Waals surface area contributed by atoms with E-state index in [0.717, 1.165) is 5.69 Å². The largest absolute Gasteiger partial charge is 0.481 e. The van der Waals surface area contributed by atoms with Crippen LogP contribution in [-0.4, -0.2) is 17.1 Å². The highest BCUT2D eigenvalue weighted by Crippen LogP contribution is 2.05. The molecule has 3 heteroatoms. The second-order valence-electron chi connectivity index (χ2n) is 1.69. The quantitative estimate of drug-likeness (QED) is 0.611. The Bertz CT molecular complexity index is 235. The Morgan fingerprint density at radius 3 is 3.00 bits per heavy atom. The van der Waals surface area contributed by atoms with Gasteiger partial charge in [-0.25, -0.2) is 9.97 Å². The van der Waals surface area contributed by atoms with Crippen LogP contribution in [0, 0.1) is 0 Å². The molecule has 0 atom stereocenters. The van der Waals surface area contributed by atoms with Gasteiger partial charge in [0.2, 0.25) is 5.88 Å². The molecule has 0 spiro atoms. The molecular weight excluding hydrogens is 128 g/mol. The van der Waals surface area contributed by atoms with Gasteiger partial charge in [-0.15, -0.1) is 0 Å². The van der Waals surface area contributed by atoms with Crippen LogP contribution in [0.1, 0.15) is 5.69 Å². The van der Waals surface area contributed by atoms with Crippen molar-refractivity contribution in [2.24, 2.45) is 0 Å².